The smallest absolute Gasteiger partial charge is 0.255 e. The van der Waals surface area contributed by atoms with Crippen molar-refractivity contribution in [2.75, 3.05) is 0 Å². The van der Waals surface area contributed by atoms with E-state index < -0.39 is 6.04 Å². The minimum atomic E-state index is -0.645. The summed E-state index contributed by atoms with van der Waals surface area (Å²) in [6.45, 7) is 6.25. The molecule has 3 aromatic rings. The van der Waals surface area contributed by atoms with Gasteiger partial charge in [-0.3, -0.25) is 9.59 Å². The molecule has 0 radical (unpaired) electrons. The second kappa shape index (κ2) is 6.79. The highest BCUT2D eigenvalue weighted by atomic mass is 16.2. The van der Waals surface area contributed by atoms with Gasteiger partial charge in [0.15, 0.2) is 0 Å². The molecule has 1 aliphatic heterocycles. The van der Waals surface area contributed by atoms with Crippen LogP contribution in [0.1, 0.15) is 48.3 Å². The van der Waals surface area contributed by atoms with Crippen LogP contribution in [-0.4, -0.2) is 22.3 Å². The standard InChI is InChI=1S/C24H24N2O2/c1-24(2,3)25-22(27)21-20-18-12-8-7-11-17(18)13-14-19(20)23(28)26(21)15-16-9-5-4-6-10-16/h4-14,21H,15H2,1-3H3,(H,25,27). The SMILES string of the molecule is CC(C)(C)NC(=O)C1c2c(ccc3ccccc23)C(=O)N1Cc1ccccc1. The Balaban J connectivity index is 1.85. The van der Waals surface area contributed by atoms with Gasteiger partial charge in [-0.2, -0.15) is 0 Å². The highest BCUT2D eigenvalue weighted by Crippen LogP contribution is 2.40. The van der Waals surface area contributed by atoms with Crippen LogP contribution < -0.4 is 5.32 Å². The van der Waals surface area contributed by atoms with Gasteiger partial charge in [0.2, 0.25) is 5.91 Å². The van der Waals surface area contributed by atoms with Crippen molar-refractivity contribution in [3.63, 3.8) is 0 Å². The Hall–Kier alpha value is -3.14. The molecule has 0 saturated carbocycles. The summed E-state index contributed by atoms with van der Waals surface area (Å²) in [4.78, 5) is 28.3. The molecule has 3 aromatic carbocycles. The zero-order valence-electron chi connectivity index (χ0n) is 16.4. The van der Waals surface area contributed by atoms with Gasteiger partial charge in [0.1, 0.15) is 6.04 Å². The number of fused-ring (bicyclic) bond motifs is 3. The molecule has 4 nitrogen and oxygen atoms in total. The third kappa shape index (κ3) is 3.26. The maximum absolute atomic E-state index is 13.3. The van der Waals surface area contributed by atoms with E-state index in [0.29, 0.717) is 12.1 Å². The first-order valence-electron chi connectivity index (χ1n) is 9.54. The van der Waals surface area contributed by atoms with E-state index in [-0.39, 0.29) is 17.4 Å². The number of amides is 2. The molecule has 142 valence electrons. The monoisotopic (exact) mass is 372 g/mol. The van der Waals surface area contributed by atoms with Gasteiger partial charge in [-0.15, -0.1) is 0 Å². The van der Waals surface area contributed by atoms with Crippen LogP contribution >= 0.6 is 0 Å². The molecular weight excluding hydrogens is 348 g/mol. The molecule has 1 atom stereocenters. The molecule has 0 fully saturated rings. The van der Waals surface area contributed by atoms with E-state index in [1.807, 2.05) is 87.5 Å². The van der Waals surface area contributed by atoms with Crippen molar-refractivity contribution in [2.24, 2.45) is 0 Å². The highest BCUT2D eigenvalue weighted by Gasteiger charge is 2.42. The quantitative estimate of drug-likeness (QED) is 0.738. The molecule has 0 bridgehead atoms. The number of hydrogen-bond acceptors (Lipinski definition) is 2. The average Bonchev–Trinajstić information content (AvgIpc) is 2.94. The van der Waals surface area contributed by atoms with Crippen molar-refractivity contribution < 1.29 is 9.59 Å². The molecule has 1 unspecified atom stereocenters. The minimum Gasteiger partial charge on any atom is -0.349 e. The van der Waals surface area contributed by atoms with E-state index in [1.54, 1.807) is 4.90 Å². The Bertz CT molecular complexity index is 1050. The third-order valence-electron chi connectivity index (χ3n) is 4.99. The lowest BCUT2D eigenvalue weighted by Crippen LogP contribution is -2.46. The summed E-state index contributed by atoms with van der Waals surface area (Å²) < 4.78 is 0. The van der Waals surface area contributed by atoms with Gasteiger partial charge in [0, 0.05) is 23.2 Å². The summed E-state index contributed by atoms with van der Waals surface area (Å²) in [5, 5.41) is 5.06. The van der Waals surface area contributed by atoms with E-state index >= 15 is 0 Å². The van der Waals surface area contributed by atoms with Crippen molar-refractivity contribution >= 4 is 22.6 Å². The molecule has 4 heteroatoms. The zero-order chi connectivity index (χ0) is 19.9. The molecule has 0 aromatic heterocycles. The topological polar surface area (TPSA) is 49.4 Å². The van der Waals surface area contributed by atoms with E-state index in [4.69, 9.17) is 0 Å². The predicted octanol–water partition coefficient (Wildman–Crippen LogP) is 4.45. The Labute approximate surface area is 165 Å². The Morgan fingerprint density at radius 3 is 2.36 bits per heavy atom. The molecule has 0 saturated heterocycles. The number of benzene rings is 3. The summed E-state index contributed by atoms with van der Waals surface area (Å²) in [6, 6.07) is 20.9. The maximum Gasteiger partial charge on any atom is 0.255 e. The van der Waals surface area contributed by atoms with Crippen molar-refractivity contribution in [3.05, 3.63) is 83.4 Å². The van der Waals surface area contributed by atoms with Crippen LogP contribution in [0.15, 0.2) is 66.7 Å². The van der Waals surface area contributed by atoms with Gasteiger partial charge in [0.25, 0.3) is 5.91 Å². The van der Waals surface area contributed by atoms with Crippen molar-refractivity contribution in [3.8, 4) is 0 Å². The first-order chi connectivity index (χ1) is 13.3. The first kappa shape index (κ1) is 18.2. The zero-order valence-corrected chi connectivity index (χ0v) is 16.4. The maximum atomic E-state index is 13.3. The summed E-state index contributed by atoms with van der Waals surface area (Å²) in [7, 11) is 0. The lowest BCUT2D eigenvalue weighted by Gasteiger charge is -2.29. The van der Waals surface area contributed by atoms with Crippen molar-refractivity contribution in [1.29, 1.82) is 0 Å². The lowest BCUT2D eigenvalue weighted by atomic mass is 9.95. The van der Waals surface area contributed by atoms with Crippen molar-refractivity contribution in [2.45, 2.75) is 38.9 Å². The van der Waals surface area contributed by atoms with Crippen LogP contribution in [0.5, 0.6) is 0 Å². The fourth-order valence-electron chi connectivity index (χ4n) is 3.86. The highest BCUT2D eigenvalue weighted by molar-refractivity contribution is 6.10. The normalized spacial score (nSPS) is 16.3. The number of hydrogen-bond donors (Lipinski definition) is 1. The molecule has 0 aliphatic carbocycles. The lowest BCUT2D eigenvalue weighted by molar-refractivity contribution is -0.127. The number of nitrogens with zero attached hydrogens (tertiary/aromatic N) is 1. The molecule has 28 heavy (non-hydrogen) atoms. The fraction of sp³-hybridized carbons (Fsp3) is 0.250. The van der Waals surface area contributed by atoms with Gasteiger partial charge in [-0.25, -0.2) is 0 Å². The van der Waals surface area contributed by atoms with Gasteiger partial charge in [-0.1, -0.05) is 60.7 Å². The molecule has 2 amide bonds. The number of nitrogens with one attached hydrogen (secondary N) is 1. The number of carbonyl (C=O) groups is 2. The summed E-state index contributed by atoms with van der Waals surface area (Å²) in [5.41, 5.74) is 2.04. The van der Waals surface area contributed by atoms with Gasteiger partial charge < -0.3 is 10.2 Å². The minimum absolute atomic E-state index is 0.0985. The second-order valence-electron chi connectivity index (χ2n) is 8.31. The summed E-state index contributed by atoms with van der Waals surface area (Å²) >= 11 is 0. The Morgan fingerprint density at radius 1 is 0.964 bits per heavy atom. The van der Waals surface area contributed by atoms with Gasteiger partial charge >= 0.3 is 0 Å². The first-order valence-corrected chi connectivity index (χ1v) is 9.54. The van der Waals surface area contributed by atoms with Gasteiger partial charge in [0.05, 0.1) is 0 Å². The second-order valence-corrected chi connectivity index (χ2v) is 8.31. The predicted molar refractivity (Wildman–Crippen MR) is 111 cm³/mol. The fourth-order valence-corrected chi connectivity index (χ4v) is 3.86. The molecule has 1 aliphatic rings. The van der Waals surface area contributed by atoms with Crippen LogP contribution in [0.3, 0.4) is 0 Å². The molecule has 4 rings (SSSR count). The summed E-state index contributed by atoms with van der Waals surface area (Å²) in [6.07, 6.45) is 0. The Kier molecular flexibility index (Phi) is 4.42. The average molecular weight is 372 g/mol. The molecule has 1 heterocycles. The van der Waals surface area contributed by atoms with E-state index in [2.05, 4.69) is 5.32 Å². The Morgan fingerprint density at radius 2 is 1.64 bits per heavy atom. The molecule has 1 N–H and O–H groups in total. The van der Waals surface area contributed by atoms with Crippen LogP contribution in [0, 0.1) is 0 Å². The van der Waals surface area contributed by atoms with E-state index in [0.717, 1.165) is 21.9 Å². The van der Waals surface area contributed by atoms with Crippen LogP contribution in [-0.2, 0) is 11.3 Å². The number of carbonyl (C=O) groups excluding carboxylic acids is 2. The summed E-state index contributed by atoms with van der Waals surface area (Å²) in [5.74, 6) is -0.245. The largest absolute Gasteiger partial charge is 0.349 e. The van der Waals surface area contributed by atoms with E-state index in [1.165, 1.54) is 0 Å². The van der Waals surface area contributed by atoms with Crippen molar-refractivity contribution in [1.82, 2.24) is 10.2 Å². The van der Waals surface area contributed by atoms with Gasteiger partial charge in [-0.05, 0) is 43.2 Å². The number of rotatable bonds is 3. The molecular formula is C24H24N2O2. The molecule has 0 spiro atoms. The third-order valence-corrected chi connectivity index (χ3v) is 4.99. The van der Waals surface area contributed by atoms with Crippen LogP contribution in [0.2, 0.25) is 0 Å². The van der Waals surface area contributed by atoms with Crippen LogP contribution in [0.25, 0.3) is 10.8 Å². The van der Waals surface area contributed by atoms with Crippen LogP contribution in [0.4, 0.5) is 0 Å². The van der Waals surface area contributed by atoms with E-state index in [9.17, 15) is 9.59 Å².